The average molecular weight is 266 g/mol. The molecule has 0 aliphatic rings. The molecule has 0 amide bonds. The number of aryl methyl sites for hydroxylation is 2. The monoisotopic (exact) mass is 266 g/mol. The van der Waals surface area contributed by atoms with Crippen LogP contribution >= 0.6 is 0 Å². The van der Waals surface area contributed by atoms with Crippen LogP contribution in [0.1, 0.15) is 28.1 Å². The molecule has 102 valence electrons. The molecule has 0 bridgehead atoms. The predicted molar refractivity (Wildman–Crippen MR) is 79.8 cm³/mol. The van der Waals surface area contributed by atoms with Crippen molar-refractivity contribution in [2.24, 2.45) is 0 Å². The molecule has 3 nitrogen and oxygen atoms in total. The second-order valence-corrected chi connectivity index (χ2v) is 5.21. The maximum atomic E-state index is 9.66. The average Bonchev–Trinajstić information content (AvgIpc) is 2.80. The summed E-state index contributed by atoms with van der Waals surface area (Å²) in [4.78, 5) is 4.70. The molecule has 0 radical (unpaired) electrons. The van der Waals surface area contributed by atoms with E-state index < -0.39 is 0 Å². The van der Waals surface area contributed by atoms with Crippen LogP contribution in [0.15, 0.2) is 42.6 Å². The van der Waals surface area contributed by atoms with Crippen LogP contribution in [0.3, 0.4) is 0 Å². The van der Waals surface area contributed by atoms with Crippen molar-refractivity contribution in [1.29, 1.82) is 0 Å². The molecule has 3 rings (SSSR count). The molecule has 1 N–H and O–H groups in total. The summed E-state index contributed by atoms with van der Waals surface area (Å²) >= 11 is 0. The number of pyridine rings is 1. The summed E-state index contributed by atoms with van der Waals surface area (Å²) in [6.45, 7) is 4.13. The Labute approximate surface area is 118 Å². The zero-order valence-corrected chi connectivity index (χ0v) is 11.8. The number of nitrogens with zero attached hydrogens (tertiary/aromatic N) is 2. The second kappa shape index (κ2) is 5.10. The van der Waals surface area contributed by atoms with Crippen LogP contribution in [0.5, 0.6) is 0 Å². The van der Waals surface area contributed by atoms with Gasteiger partial charge < -0.3 is 9.51 Å². The fraction of sp³-hybridized carbons (Fsp3) is 0.235. The van der Waals surface area contributed by atoms with Gasteiger partial charge in [0, 0.05) is 12.6 Å². The summed E-state index contributed by atoms with van der Waals surface area (Å²) in [5.41, 5.74) is 6.35. The van der Waals surface area contributed by atoms with Crippen molar-refractivity contribution in [3.05, 3.63) is 70.7 Å². The first-order valence-electron chi connectivity index (χ1n) is 6.81. The van der Waals surface area contributed by atoms with Gasteiger partial charge in [0.25, 0.3) is 0 Å². The van der Waals surface area contributed by atoms with Gasteiger partial charge in [-0.15, -0.1) is 0 Å². The zero-order valence-electron chi connectivity index (χ0n) is 11.8. The van der Waals surface area contributed by atoms with Crippen molar-refractivity contribution < 1.29 is 5.11 Å². The number of aliphatic hydroxyl groups excluding tert-OH is 1. The van der Waals surface area contributed by atoms with Gasteiger partial charge in [-0.3, -0.25) is 0 Å². The second-order valence-electron chi connectivity index (χ2n) is 5.21. The SMILES string of the molecule is Cc1ccc(Cc2nc3c(C)cccn3c2CO)cc1. The van der Waals surface area contributed by atoms with Crippen LogP contribution in [0.25, 0.3) is 5.65 Å². The molecule has 3 heteroatoms. The first kappa shape index (κ1) is 12.9. The van der Waals surface area contributed by atoms with Crippen molar-refractivity contribution in [2.75, 3.05) is 0 Å². The fourth-order valence-electron chi connectivity index (χ4n) is 2.51. The Morgan fingerprint density at radius 1 is 1.10 bits per heavy atom. The lowest BCUT2D eigenvalue weighted by molar-refractivity contribution is 0.274. The maximum absolute atomic E-state index is 9.66. The Hall–Kier alpha value is -2.13. The summed E-state index contributed by atoms with van der Waals surface area (Å²) in [5.74, 6) is 0. The van der Waals surface area contributed by atoms with Crippen molar-refractivity contribution in [1.82, 2.24) is 9.38 Å². The van der Waals surface area contributed by atoms with E-state index in [1.54, 1.807) is 0 Å². The van der Waals surface area contributed by atoms with Gasteiger partial charge >= 0.3 is 0 Å². The lowest BCUT2D eigenvalue weighted by atomic mass is 10.1. The van der Waals surface area contributed by atoms with Crippen LogP contribution in [-0.4, -0.2) is 14.5 Å². The molecule has 0 saturated heterocycles. The van der Waals surface area contributed by atoms with E-state index >= 15 is 0 Å². The lowest BCUT2D eigenvalue weighted by Gasteiger charge is -2.03. The minimum atomic E-state index is 0.00577. The van der Waals surface area contributed by atoms with Gasteiger partial charge in [-0.1, -0.05) is 35.9 Å². The van der Waals surface area contributed by atoms with Crippen molar-refractivity contribution >= 4 is 5.65 Å². The lowest BCUT2D eigenvalue weighted by Crippen LogP contribution is -1.98. The van der Waals surface area contributed by atoms with Gasteiger partial charge in [0.15, 0.2) is 0 Å². The van der Waals surface area contributed by atoms with Crippen molar-refractivity contribution in [3.8, 4) is 0 Å². The largest absolute Gasteiger partial charge is 0.390 e. The van der Waals surface area contributed by atoms with E-state index in [0.717, 1.165) is 29.0 Å². The molecule has 0 unspecified atom stereocenters. The van der Waals surface area contributed by atoms with E-state index in [2.05, 4.69) is 31.2 Å². The fourth-order valence-corrected chi connectivity index (χ4v) is 2.51. The highest BCUT2D eigenvalue weighted by atomic mass is 16.3. The highest BCUT2D eigenvalue weighted by Crippen LogP contribution is 2.19. The van der Waals surface area contributed by atoms with E-state index in [0.29, 0.717) is 0 Å². The molecule has 2 aromatic heterocycles. The van der Waals surface area contributed by atoms with Gasteiger partial charge in [-0.2, -0.15) is 0 Å². The van der Waals surface area contributed by atoms with Gasteiger partial charge in [0.05, 0.1) is 18.0 Å². The van der Waals surface area contributed by atoms with E-state index in [-0.39, 0.29) is 6.61 Å². The highest BCUT2D eigenvalue weighted by Gasteiger charge is 2.12. The van der Waals surface area contributed by atoms with Crippen LogP contribution < -0.4 is 0 Å². The number of imidazole rings is 1. The number of hydrogen-bond acceptors (Lipinski definition) is 2. The normalized spacial score (nSPS) is 11.2. The van der Waals surface area contributed by atoms with E-state index in [9.17, 15) is 5.11 Å². The molecule has 1 aromatic carbocycles. The van der Waals surface area contributed by atoms with E-state index in [1.807, 2.05) is 29.7 Å². The molecule has 0 fully saturated rings. The predicted octanol–water partition coefficient (Wildman–Crippen LogP) is 3.03. The molecule has 2 heterocycles. The quantitative estimate of drug-likeness (QED) is 0.791. The highest BCUT2D eigenvalue weighted by molar-refractivity contribution is 5.50. The Morgan fingerprint density at radius 3 is 2.55 bits per heavy atom. The molecule has 3 aromatic rings. The minimum absolute atomic E-state index is 0.00577. The molecule has 0 atom stereocenters. The van der Waals surface area contributed by atoms with Crippen LogP contribution in [0, 0.1) is 13.8 Å². The number of aliphatic hydroxyl groups is 1. The smallest absolute Gasteiger partial charge is 0.140 e. The summed E-state index contributed by atoms with van der Waals surface area (Å²) in [6.07, 6.45) is 2.71. The molecular formula is C17H18N2O. The van der Waals surface area contributed by atoms with E-state index in [1.165, 1.54) is 11.1 Å². The summed E-state index contributed by atoms with van der Waals surface area (Å²) in [7, 11) is 0. The maximum Gasteiger partial charge on any atom is 0.140 e. The van der Waals surface area contributed by atoms with Crippen molar-refractivity contribution in [3.63, 3.8) is 0 Å². The number of rotatable bonds is 3. The van der Waals surface area contributed by atoms with Crippen LogP contribution in [0.2, 0.25) is 0 Å². The standard InChI is InChI=1S/C17H18N2O/c1-12-5-7-14(8-6-12)10-15-16(11-20)19-9-3-4-13(2)17(19)18-15/h3-9,20H,10-11H2,1-2H3. The first-order chi connectivity index (χ1) is 9.69. The molecule has 0 aliphatic heterocycles. The number of fused-ring (bicyclic) bond motifs is 1. The van der Waals surface area contributed by atoms with E-state index in [4.69, 9.17) is 4.98 Å². The van der Waals surface area contributed by atoms with Gasteiger partial charge in [-0.25, -0.2) is 4.98 Å². The number of aromatic nitrogens is 2. The zero-order chi connectivity index (χ0) is 14.1. The molecular weight excluding hydrogens is 248 g/mol. The summed E-state index contributed by atoms with van der Waals surface area (Å²) < 4.78 is 1.98. The van der Waals surface area contributed by atoms with Gasteiger partial charge in [0.1, 0.15) is 5.65 Å². The first-order valence-corrected chi connectivity index (χ1v) is 6.81. The van der Waals surface area contributed by atoms with Crippen LogP contribution in [-0.2, 0) is 13.0 Å². The molecule has 0 aliphatic carbocycles. The van der Waals surface area contributed by atoms with Crippen LogP contribution in [0.4, 0.5) is 0 Å². The molecule has 0 spiro atoms. The van der Waals surface area contributed by atoms with Gasteiger partial charge in [-0.05, 0) is 31.0 Å². The Morgan fingerprint density at radius 2 is 1.85 bits per heavy atom. The Bertz CT molecular complexity index is 742. The molecule has 0 saturated carbocycles. The van der Waals surface area contributed by atoms with Crippen molar-refractivity contribution in [2.45, 2.75) is 26.9 Å². The van der Waals surface area contributed by atoms with Gasteiger partial charge in [0.2, 0.25) is 0 Å². The minimum Gasteiger partial charge on any atom is -0.390 e. The molecule has 20 heavy (non-hydrogen) atoms. The number of hydrogen-bond donors (Lipinski definition) is 1. The Balaban J connectivity index is 2.07. The summed E-state index contributed by atoms with van der Waals surface area (Å²) in [6, 6.07) is 12.5. The third-order valence-corrected chi connectivity index (χ3v) is 3.67. The summed E-state index contributed by atoms with van der Waals surface area (Å²) in [5, 5.41) is 9.66. The Kier molecular flexibility index (Phi) is 3.28. The number of benzene rings is 1. The third kappa shape index (κ3) is 2.21. The topological polar surface area (TPSA) is 37.5 Å². The third-order valence-electron chi connectivity index (χ3n) is 3.67.